The van der Waals surface area contributed by atoms with E-state index in [0.717, 1.165) is 5.57 Å². The van der Waals surface area contributed by atoms with Crippen LogP contribution in [0.2, 0.25) is 0 Å². The summed E-state index contributed by atoms with van der Waals surface area (Å²) in [5.41, 5.74) is 4.81. The van der Waals surface area contributed by atoms with Crippen molar-refractivity contribution in [1.29, 1.82) is 0 Å². The van der Waals surface area contributed by atoms with Crippen LogP contribution in [0.1, 0.15) is 13.8 Å². The van der Waals surface area contributed by atoms with Crippen molar-refractivity contribution in [2.45, 2.75) is 19.6 Å². The molecule has 1 aliphatic carbocycles. The first-order valence-corrected chi connectivity index (χ1v) is 3.55. The van der Waals surface area contributed by atoms with Crippen LogP contribution in [0.4, 0.5) is 0 Å². The van der Waals surface area contributed by atoms with Crippen LogP contribution in [0.25, 0.3) is 0 Å². The van der Waals surface area contributed by atoms with Gasteiger partial charge in [-0.1, -0.05) is 13.0 Å². The number of nitrogens with two attached hydrogens (primary N) is 1. The normalized spacial score (nSPS) is 38.0. The van der Waals surface area contributed by atoms with E-state index >= 15 is 0 Å². The Morgan fingerprint density at radius 1 is 1.64 bits per heavy atom. The lowest BCUT2D eigenvalue weighted by Crippen LogP contribution is -2.46. The molecule has 0 bridgehead atoms. The van der Waals surface area contributed by atoms with E-state index in [0.29, 0.717) is 0 Å². The Labute approximate surface area is 65.8 Å². The zero-order valence-corrected chi connectivity index (χ0v) is 6.70. The maximum atomic E-state index is 9.43. The molecule has 3 heteroatoms. The van der Waals surface area contributed by atoms with E-state index in [9.17, 15) is 10.2 Å². The summed E-state index contributed by atoms with van der Waals surface area (Å²) in [6.07, 6.45) is 3.11. The molecule has 0 spiro atoms. The Morgan fingerprint density at radius 2 is 2.18 bits per heavy atom. The van der Waals surface area contributed by atoms with Crippen molar-refractivity contribution in [2.24, 2.45) is 11.7 Å². The molecule has 0 saturated carbocycles. The van der Waals surface area contributed by atoms with Crippen molar-refractivity contribution in [1.82, 2.24) is 0 Å². The Kier molecular flexibility index (Phi) is 1.78. The summed E-state index contributed by atoms with van der Waals surface area (Å²) in [5, 5.41) is 18.8. The number of allylic oxidation sites excluding steroid dienone is 2. The molecule has 0 saturated heterocycles. The fourth-order valence-electron chi connectivity index (χ4n) is 1.05. The van der Waals surface area contributed by atoms with Gasteiger partial charge >= 0.3 is 0 Å². The number of rotatable bonds is 0. The molecule has 62 valence electrons. The monoisotopic (exact) mass is 155 g/mol. The van der Waals surface area contributed by atoms with Crippen LogP contribution in [-0.4, -0.2) is 15.9 Å². The summed E-state index contributed by atoms with van der Waals surface area (Å²) in [6.45, 7) is 3.46. The molecule has 0 radical (unpaired) electrons. The van der Waals surface area contributed by atoms with Crippen molar-refractivity contribution < 1.29 is 10.2 Å². The molecule has 0 fully saturated rings. The Morgan fingerprint density at radius 3 is 2.64 bits per heavy atom. The van der Waals surface area contributed by atoms with Crippen molar-refractivity contribution >= 4 is 0 Å². The topological polar surface area (TPSA) is 66.5 Å². The van der Waals surface area contributed by atoms with Gasteiger partial charge < -0.3 is 10.2 Å². The molecule has 0 aromatic rings. The molecule has 2 unspecified atom stereocenters. The summed E-state index contributed by atoms with van der Waals surface area (Å²) < 4.78 is 0. The lowest BCUT2D eigenvalue weighted by atomic mass is 9.89. The van der Waals surface area contributed by atoms with Gasteiger partial charge in [0.25, 0.3) is 0 Å². The Balaban J connectivity index is 3.01. The quantitative estimate of drug-likeness (QED) is 0.450. The van der Waals surface area contributed by atoms with Gasteiger partial charge in [0.1, 0.15) is 11.5 Å². The zero-order valence-electron chi connectivity index (χ0n) is 6.70. The molecule has 2 atom stereocenters. The van der Waals surface area contributed by atoms with Crippen molar-refractivity contribution in [3.8, 4) is 0 Å². The first-order chi connectivity index (χ1) is 4.95. The van der Waals surface area contributed by atoms with Crippen molar-refractivity contribution in [2.75, 3.05) is 0 Å². The third-order valence-electron chi connectivity index (χ3n) is 2.11. The van der Waals surface area contributed by atoms with Crippen LogP contribution in [0.15, 0.2) is 23.5 Å². The second-order valence-electron chi connectivity index (χ2n) is 3.01. The van der Waals surface area contributed by atoms with Gasteiger partial charge in [-0.3, -0.25) is 5.73 Å². The van der Waals surface area contributed by atoms with E-state index in [-0.39, 0.29) is 5.76 Å². The zero-order chi connectivity index (χ0) is 8.65. The van der Waals surface area contributed by atoms with Gasteiger partial charge in [-0.25, -0.2) is 0 Å². The van der Waals surface area contributed by atoms with E-state index in [2.05, 4.69) is 0 Å². The van der Waals surface area contributed by atoms with Crippen LogP contribution >= 0.6 is 0 Å². The van der Waals surface area contributed by atoms with Crippen LogP contribution < -0.4 is 5.73 Å². The molecule has 0 amide bonds. The van der Waals surface area contributed by atoms with Crippen LogP contribution in [0.5, 0.6) is 0 Å². The van der Waals surface area contributed by atoms with Gasteiger partial charge in [-0.05, 0) is 18.6 Å². The number of aliphatic hydroxyl groups excluding tert-OH is 1. The first kappa shape index (κ1) is 8.30. The van der Waals surface area contributed by atoms with E-state index in [4.69, 9.17) is 5.73 Å². The van der Waals surface area contributed by atoms with Gasteiger partial charge in [0, 0.05) is 0 Å². The number of aliphatic hydroxyl groups is 2. The SMILES string of the molecule is CC1=C(O)C(C)C(N)(O)C=C1. The Hall–Kier alpha value is -0.800. The molecular weight excluding hydrogens is 142 g/mol. The summed E-state index contributed by atoms with van der Waals surface area (Å²) in [7, 11) is 0. The van der Waals surface area contributed by atoms with Crippen molar-refractivity contribution in [3.05, 3.63) is 23.5 Å². The van der Waals surface area contributed by atoms with E-state index in [1.54, 1.807) is 19.9 Å². The standard InChI is InChI=1S/C8H13NO2/c1-5-3-4-8(9,11)6(2)7(5)10/h3-4,6,10-11H,9H2,1-2H3. The van der Waals surface area contributed by atoms with Crippen molar-refractivity contribution in [3.63, 3.8) is 0 Å². The molecule has 0 heterocycles. The molecule has 3 nitrogen and oxygen atoms in total. The molecule has 0 aliphatic heterocycles. The molecular formula is C8H13NO2. The highest BCUT2D eigenvalue weighted by Gasteiger charge is 2.32. The minimum atomic E-state index is -1.40. The smallest absolute Gasteiger partial charge is 0.142 e. The van der Waals surface area contributed by atoms with Gasteiger partial charge in [-0.15, -0.1) is 0 Å². The van der Waals surface area contributed by atoms with Crippen LogP contribution in [-0.2, 0) is 0 Å². The lowest BCUT2D eigenvalue weighted by Gasteiger charge is -2.30. The maximum Gasteiger partial charge on any atom is 0.142 e. The maximum absolute atomic E-state index is 9.43. The second kappa shape index (κ2) is 2.36. The van der Waals surface area contributed by atoms with Crippen LogP contribution in [0, 0.1) is 5.92 Å². The summed E-state index contributed by atoms with van der Waals surface area (Å²) in [5.74, 6) is -0.259. The predicted octanol–water partition coefficient (Wildman–Crippen LogP) is 0.672. The van der Waals surface area contributed by atoms with E-state index in [1.807, 2.05) is 0 Å². The van der Waals surface area contributed by atoms with Gasteiger partial charge in [0.05, 0.1) is 5.92 Å². The van der Waals surface area contributed by atoms with E-state index in [1.165, 1.54) is 6.08 Å². The third-order valence-corrected chi connectivity index (χ3v) is 2.11. The highest BCUT2D eigenvalue weighted by Crippen LogP contribution is 2.27. The van der Waals surface area contributed by atoms with E-state index < -0.39 is 11.6 Å². The molecule has 4 N–H and O–H groups in total. The highest BCUT2D eigenvalue weighted by molar-refractivity contribution is 5.30. The van der Waals surface area contributed by atoms with Gasteiger partial charge in [0.15, 0.2) is 0 Å². The lowest BCUT2D eigenvalue weighted by molar-refractivity contribution is 0.0366. The van der Waals surface area contributed by atoms with Crippen LogP contribution in [0.3, 0.4) is 0 Å². The largest absolute Gasteiger partial charge is 0.512 e. The average Bonchev–Trinajstić information content (AvgIpc) is 1.95. The predicted molar refractivity (Wildman–Crippen MR) is 42.8 cm³/mol. The van der Waals surface area contributed by atoms with Gasteiger partial charge in [-0.2, -0.15) is 0 Å². The first-order valence-electron chi connectivity index (χ1n) is 3.55. The number of hydrogen-bond acceptors (Lipinski definition) is 3. The molecule has 0 aromatic carbocycles. The summed E-state index contributed by atoms with van der Waals surface area (Å²) in [4.78, 5) is 0. The minimum absolute atomic E-state index is 0.164. The fraction of sp³-hybridized carbons (Fsp3) is 0.500. The second-order valence-corrected chi connectivity index (χ2v) is 3.01. The molecule has 1 rings (SSSR count). The fourth-order valence-corrected chi connectivity index (χ4v) is 1.05. The summed E-state index contributed by atoms with van der Waals surface area (Å²) in [6, 6.07) is 0. The average molecular weight is 155 g/mol. The molecule has 11 heavy (non-hydrogen) atoms. The third kappa shape index (κ3) is 1.29. The minimum Gasteiger partial charge on any atom is -0.512 e. The van der Waals surface area contributed by atoms with Gasteiger partial charge in [0.2, 0.25) is 0 Å². The number of hydrogen-bond donors (Lipinski definition) is 3. The summed E-state index contributed by atoms with van der Waals surface area (Å²) >= 11 is 0. The Bertz CT molecular complexity index is 228. The highest BCUT2D eigenvalue weighted by atomic mass is 16.3. The molecule has 0 aromatic heterocycles. The molecule has 1 aliphatic rings.